The molecule has 4 aromatic rings. The molecule has 1 aliphatic heterocycles. The summed E-state index contributed by atoms with van der Waals surface area (Å²) in [5, 5.41) is 12.7. The highest BCUT2D eigenvalue weighted by molar-refractivity contribution is 7.22. The summed E-state index contributed by atoms with van der Waals surface area (Å²) < 4.78 is 0.791. The second-order valence-electron chi connectivity index (χ2n) is 9.66. The maximum atomic E-state index is 13.4. The number of halogens is 2. The summed E-state index contributed by atoms with van der Waals surface area (Å²) in [5.74, 6) is -1.79. The third-order valence-electron chi connectivity index (χ3n) is 6.20. The number of aromatic nitrogens is 1. The fourth-order valence-corrected chi connectivity index (χ4v) is 5.66. The minimum atomic E-state index is -0.856. The fourth-order valence-electron chi connectivity index (χ4n) is 4.26. The maximum absolute atomic E-state index is 13.4. The largest absolute Gasteiger partial charge is 0.507 e. The highest BCUT2D eigenvalue weighted by Gasteiger charge is 2.48. The molecular weight excluding hydrogens is 515 g/mol. The summed E-state index contributed by atoms with van der Waals surface area (Å²) in [6.45, 7) is 6.34. The average molecular weight is 537 g/mol. The zero-order valence-corrected chi connectivity index (χ0v) is 22.1. The van der Waals surface area contributed by atoms with E-state index >= 15 is 0 Å². The molecule has 5 nitrogen and oxygen atoms in total. The lowest BCUT2D eigenvalue weighted by Gasteiger charge is -2.24. The van der Waals surface area contributed by atoms with Crippen molar-refractivity contribution in [3.8, 4) is 0 Å². The zero-order chi connectivity index (χ0) is 25.8. The van der Waals surface area contributed by atoms with Gasteiger partial charge in [0.2, 0.25) is 0 Å². The predicted molar refractivity (Wildman–Crippen MR) is 146 cm³/mol. The van der Waals surface area contributed by atoms with Crippen molar-refractivity contribution in [1.29, 1.82) is 0 Å². The second-order valence-corrected chi connectivity index (χ2v) is 11.5. The van der Waals surface area contributed by atoms with E-state index in [4.69, 9.17) is 23.2 Å². The molecule has 0 bridgehead atoms. The molecular formula is C28H22Cl2N2O3S. The Bertz CT molecular complexity index is 1530. The van der Waals surface area contributed by atoms with Crippen LogP contribution < -0.4 is 4.90 Å². The monoisotopic (exact) mass is 536 g/mol. The SMILES string of the molecule is CC(C)(C)c1ccc(C2C(=C(O)c3ccc(Cl)cc3)C(=O)C(=O)N2c2nc3ccc(Cl)cc3s2)cc1. The molecule has 0 spiro atoms. The van der Waals surface area contributed by atoms with E-state index in [0.717, 1.165) is 10.3 Å². The third-order valence-corrected chi connectivity index (χ3v) is 7.70. The van der Waals surface area contributed by atoms with E-state index in [-0.39, 0.29) is 16.7 Å². The Balaban J connectivity index is 1.71. The van der Waals surface area contributed by atoms with Gasteiger partial charge in [-0.3, -0.25) is 14.5 Å². The van der Waals surface area contributed by atoms with Gasteiger partial charge < -0.3 is 5.11 Å². The number of amides is 1. The van der Waals surface area contributed by atoms with Gasteiger partial charge in [0.25, 0.3) is 5.78 Å². The first-order valence-electron chi connectivity index (χ1n) is 11.3. The summed E-state index contributed by atoms with van der Waals surface area (Å²) in [6, 6.07) is 18.6. The van der Waals surface area contributed by atoms with Crippen molar-refractivity contribution in [1.82, 2.24) is 4.98 Å². The molecule has 0 radical (unpaired) electrons. The molecule has 2 heterocycles. The van der Waals surface area contributed by atoms with Crippen molar-refractivity contribution in [3.05, 3.63) is 99.0 Å². The van der Waals surface area contributed by atoms with Gasteiger partial charge in [0.1, 0.15) is 5.76 Å². The lowest BCUT2D eigenvalue weighted by Crippen LogP contribution is -2.29. The third kappa shape index (κ3) is 4.30. The molecule has 1 N–H and O–H groups in total. The van der Waals surface area contributed by atoms with E-state index in [1.165, 1.54) is 16.2 Å². The van der Waals surface area contributed by atoms with Gasteiger partial charge >= 0.3 is 5.91 Å². The number of aliphatic hydroxyl groups excluding tert-OH is 1. The van der Waals surface area contributed by atoms with Crippen molar-refractivity contribution < 1.29 is 14.7 Å². The summed E-state index contributed by atoms with van der Waals surface area (Å²) in [6.07, 6.45) is 0. The Hall–Kier alpha value is -3.19. The van der Waals surface area contributed by atoms with Gasteiger partial charge in [-0.2, -0.15) is 0 Å². The molecule has 0 saturated carbocycles. The number of hydrogen-bond donors (Lipinski definition) is 1. The lowest BCUT2D eigenvalue weighted by molar-refractivity contribution is -0.132. The van der Waals surface area contributed by atoms with Gasteiger partial charge in [-0.05, 0) is 59.0 Å². The number of Topliss-reactive ketones (excluding diaryl/α,β-unsaturated/α-hetero) is 1. The Labute approximate surface area is 222 Å². The van der Waals surface area contributed by atoms with Crippen LogP contribution in [0.4, 0.5) is 5.13 Å². The van der Waals surface area contributed by atoms with Gasteiger partial charge in [-0.1, -0.05) is 79.6 Å². The van der Waals surface area contributed by atoms with Crippen molar-refractivity contribution in [2.24, 2.45) is 0 Å². The first-order chi connectivity index (χ1) is 17.0. The number of rotatable bonds is 3. The first kappa shape index (κ1) is 24.5. The lowest BCUT2D eigenvalue weighted by atomic mass is 9.85. The molecule has 3 aromatic carbocycles. The molecule has 182 valence electrons. The summed E-state index contributed by atoms with van der Waals surface area (Å²) in [7, 11) is 0. The van der Waals surface area contributed by atoms with Crippen LogP contribution in [-0.2, 0) is 15.0 Å². The maximum Gasteiger partial charge on any atom is 0.301 e. The molecule has 1 amide bonds. The van der Waals surface area contributed by atoms with Crippen LogP contribution in [-0.4, -0.2) is 21.8 Å². The predicted octanol–water partition coefficient (Wildman–Crippen LogP) is 7.53. The first-order valence-corrected chi connectivity index (χ1v) is 12.9. The minimum absolute atomic E-state index is 0.00289. The van der Waals surface area contributed by atoms with Crippen LogP contribution in [0.2, 0.25) is 10.0 Å². The minimum Gasteiger partial charge on any atom is -0.507 e. The molecule has 5 rings (SSSR count). The summed E-state index contributed by atoms with van der Waals surface area (Å²) in [4.78, 5) is 32.8. The Kier molecular flexibility index (Phi) is 6.15. The van der Waals surface area contributed by atoms with Crippen LogP contribution in [0.3, 0.4) is 0 Å². The van der Waals surface area contributed by atoms with E-state index in [1.54, 1.807) is 42.5 Å². The molecule has 8 heteroatoms. The van der Waals surface area contributed by atoms with Crippen LogP contribution >= 0.6 is 34.5 Å². The fraction of sp³-hybridized carbons (Fsp3) is 0.179. The number of ketones is 1. The molecule has 1 unspecified atom stereocenters. The van der Waals surface area contributed by atoms with Crippen molar-refractivity contribution >= 4 is 67.3 Å². The van der Waals surface area contributed by atoms with Gasteiger partial charge in [0.05, 0.1) is 21.8 Å². The molecule has 36 heavy (non-hydrogen) atoms. The number of thiazole rings is 1. The van der Waals surface area contributed by atoms with E-state index < -0.39 is 17.7 Å². The van der Waals surface area contributed by atoms with Gasteiger partial charge in [0, 0.05) is 15.6 Å². The van der Waals surface area contributed by atoms with Crippen LogP contribution in [0.5, 0.6) is 0 Å². The van der Waals surface area contributed by atoms with E-state index in [9.17, 15) is 14.7 Å². The molecule has 1 fully saturated rings. The summed E-state index contributed by atoms with van der Waals surface area (Å²) >= 11 is 13.4. The summed E-state index contributed by atoms with van der Waals surface area (Å²) in [5.41, 5.74) is 2.79. The number of fused-ring (bicyclic) bond motifs is 1. The Morgan fingerprint density at radius 1 is 0.944 bits per heavy atom. The Morgan fingerprint density at radius 2 is 1.58 bits per heavy atom. The number of anilines is 1. The van der Waals surface area contributed by atoms with E-state index in [1.807, 2.05) is 24.3 Å². The van der Waals surface area contributed by atoms with Gasteiger partial charge in [0.15, 0.2) is 5.13 Å². The molecule has 1 aromatic heterocycles. The quantitative estimate of drug-likeness (QED) is 0.167. The number of benzene rings is 3. The topological polar surface area (TPSA) is 70.5 Å². The van der Waals surface area contributed by atoms with Gasteiger partial charge in [-0.25, -0.2) is 4.98 Å². The standard InChI is InChI=1S/C28H22Cl2N2O3S/c1-28(2,3)17-8-4-15(5-9-17)23-22(24(33)16-6-10-18(29)11-7-16)25(34)26(35)32(23)27-31-20-13-12-19(30)14-21(20)36-27/h4-14,23,33H,1-3H3. The smallest absolute Gasteiger partial charge is 0.301 e. The van der Waals surface area contributed by atoms with Crippen molar-refractivity contribution in [2.75, 3.05) is 4.90 Å². The number of hydrogen-bond acceptors (Lipinski definition) is 5. The normalized spacial score (nSPS) is 17.8. The number of carbonyl (C=O) groups excluding carboxylic acids is 2. The molecule has 1 atom stereocenters. The molecule has 1 saturated heterocycles. The molecule has 0 aliphatic carbocycles. The van der Waals surface area contributed by atoms with Crippen LogP contribution in [0.15, 0.2) is 72.3 Å². The van der Waals surface area contributed by atoms with Crippen LogP contribution in [0.25, 0.3) is 16.0 Å². The van der Waals surface area contributed by atoms with Gasteiger partial charge in [-0.15, -0.1) is 0 Å². The zero-order valence-electron chi connectivity index (χ0n) is 19.8. The average Bonchev–Trinajstić information content (AvgIpc) is 3.36. The van der Waals surface area contributed by atoms with Crippen molar-refractivity contribution in [3.63, 3.8) is 0 Å². The second kappa shape index (κ2) is 9.04. The number of nitrogens with zero attached hydrogens (tertiary/aromatic N) is 2. The van der Waals surface area contributed by atoms with Crippen LogP contribution in [0, 0.1) is 0 Å². The highest BCUT2D eigenvalue weighted by atomic mass is 35.5. The van der Waals surface area contributed by atoms with E-state index in [2.05, 4.69) is 25.8 Å². The van der Waals surface area contributed by atoms with E-state index in [0.29, 0.717) is 31.8 Å². The molecule has 1 aliphatic rings. The Morgan fingerprint density at radius 3 is 2.22 bits per heavy atom. The van der Waals surface area contributed by atoms with Crippen LogP contribution in [0.1, 0.15) is 43.5 Å². The number of carbonyl (C=O) groups is 2. The number of aliphatic hydroxyl groups is 1. The highest BCUT2D eigenvalue weighted by Crippen LogP contribution is 2.45. The van der Waals surface area contributed by atoms with Crippen molar-refractivity contribution in [2.45, 2.75) is 32.2 Å².